The van der Waals surface area contributed by atoms with Gasteiger partial charge in [-0.25, -0.2) is 5.84 Å². The average molecular weight is 431 g/mol. The lowest BCUT2D eigenvalue weighted by atomic mass is 9.72. The predicted molar refractivity (Wildman–Crippen MR) is 116 cm³/mol. The Morgan fingerprint density at radius 3 is 1.65 bits per heavy atom. The van der Waals surface area contributed by atoms with E-state index < -0.39 is 37.5 Å². The summed E-state index contributed by atoms with van der Waals surface area (Å²) in [5.41, 5.74) is -1.79. The minimum Gasteiger partial charge on any atom is -0.267 e. The molecule has 0 aromatic heterocycles. The van der Waals surface area contributed by atoms with Gasteiger partial charge in [0, 0.05) is 0 Å². The van der Waals surface area contributed by atoms with Gasteiger partial charge in [-0.05, 0) is 34.9 Å². The first-order chi connectivity index (χ1) is 14.1. The third-order valence-electron chi connectivity index (χ3n) is 4.80. The monoisotopic (exact) mass is 431 g/mol. The van der Waals surface area contributed by atoms with Crippen LogP contribution < -0.4 is 10.9 Å². The van der Waals surface area contributed by atoms with E-state index in [2.05, 4.69) is 34.6 Å². The molecule has 0 radical (unpaired) electrons. The van der Waals surface area contributed by atoms with Crippen molar-refractivity contribution in [2.24, 2.45) is 11.3 Å². The van der Waals surface area contributed by atoms with Gasteiger partial charge in [0.1, 0.15) is 0 Å². The summed E-state index contributed by atoms with van der Waals surface area (Å²) in [6.07, 6.45) is 0.894. The quantitative estimate of drug-likeness (QED) is 0.358. The van der Waals surface area contributed by atoms with Gasteiger partial charge >= 0.3 is 11.4 Å². The summed E-state index contributed by atoms with van der Waals surface area (Å²) in [5.74, 6) is 6.04. The van der Waals surface area contributed by atoms with Crippen LogP contribution in [0, 0.1) is 35.8 Å². The molecule has 2 aromatic rings. The summed E-state index contributed by atoms with van der Waals surface area (Å²) in [4.78, 5) is 31.3. The molecule has 0 atom stereocenters. The van der Waals surface area contributed by atoms with Gasteiger partial charge in [-0.2, -0.15) is 0 Å². The molecule has 0 bridgehead atoms. The van der Waals surface area contributed by atoms with Gasteiger partial charge < -0.3 is 0 Å². The molecule has 11 heteroatoms. The SMILES string of the molecule is CC(C)(C)CC(C)(C)c1ccc(N(N)c2c([N+](=O)[O-])cc([N+](=O)[O-])cc2[N+](=O)[O-])cc1. The molecule has 0 fully saturated rings. The number of hydrazine groups is 1. The summed E-state index contributed by atoms with van der Waals surface area (Å²) >= 11 is 0. The number of benzene rings is 2. The van der Waals surface area contributed by atoms with Gasteiger partial charge in [0.15, 0.2) is 0 Å². The Labute approximate surface area is 178 Å². The summed E-state index contributed by atoms with van der Waals surface area (Å²) in [7, 11) is 0. The minimum atomic E-state index is -0.935. The van der Waals surface area contributed by atoms with Crippen LogP contribution in [0.5, 0.6) is 0 Å². The average Bonchev–Trinajstić information content (AvgIpc) is 2.64. The molecule has 0 aliphatic rings. The topological polar surface area (TPSA) is 159 Å². The van der Waals surface area contributed by atoms with E-state index in [4.69, 9.17) is 5.84 Å². The maximum atomic E-state index is 11.5. The number of hydrogen-bond donors (Lipinski definition) is 1. The molecule has 0 saturated heterocycles. The van der Waals surface area contributed by atoms with E-state index in [1.165, 1.54) is 0 Å². The van der Waals surface area contributed by atoms with Crippen molar-refractivity contribution in [3.05, 3.63) is 72.3 Å². The van der Waals surface area contributed by atoms with Crippen LogP contribution in [0.4, 0.5) is 28.4 Å². The van der Waals surface area contributed by atoms with Gasteiger partial charge in [0.05, 0.1) is 32.6 Å². The summed E-state index contributed by atoms with van der Waals surface area (Å²) in [6.45, 7) is 10.6. The summed E-state index contributed by atoms with van der Waals surface area (Å²) < 4.78 is 0. The molecule has 0 spiro atoms. The lowest BCUT2D eigenvalue weighted by molar-refractivity contribution is -0.402. The van der Waals surface area contributed by atoms with Crippen LogP contribution in [0.3, 0.4) is 0 Å². The van der Waals surface area contributed by atoms with E-state index in [1.54, 1.807) is 12.1 Å². The van der Waals surface area contributed by atoms with Crippen molar-refractivity contribution in [1.82, 2.24) is 0 Å². The van der Waals surface area contributed by atoms with Crippen LogP contribution in [-0.4, -0.2) is 14.8 Å². The Bertz CT molecular complexity index is 992. The predicted octanol–water partition coefficient (Wildman–Crippen LogP) is 5.14. The van der Waals surface area contributed by atoms with Gasteiger partial charge in [-0.3, -0.25) is 35.4 Å². The van der Waals surface area contributed by atoms with Crippen molar-refractivity contribution in [2.75, 3.05) is 5.01 Å². The van der Waals surface area contributed by atoms with Gasteiger partial charge in [-0.15, -0.1) is 0 Å². The zero-order chi connectivity index (χ0) is 23.7. The summed E-state index contributed by atoms with van der Waals surface area (Å²) in [6, 6.07) is 8.14. The van der Waals surface area contributed by atoms with Crippen LogP contribution in [0.1, 0.15) is 46.6 Å². The van der Waals surface area contributed by atoms with E-state index in [1.807, 2.05) is 12.1 Å². The highest BCUT2D eigenvalue weighted by Crippen LogP contribution is 2.43. The van der Waals surface area contributed by atoms with Crippen LogP contribution in [0.25, 0.3) is 0 Å². The number of anilines is 2. The Morgan fingerprint density at radius 1 is 0.839 bits per heavy atom. The van der Waals surface area contributed by atoms with Crippen molar-refractivity contribution in [3.8, 4) is 0 Å². The minimum absolute atomic E-state index is 0.0854. The number of hydrogen-bond acceptors (Lipinski definition) is 8. The zero-order valence-electron chi connectivity index (χ0n) is 18.0. The van der Waals surface area contributed by atoms with E-state index >= 15 is 0 Å². The Balaban J connectivity index is 2.56. The molecule has 2 rings (SSSR count). The highest BCUT2D eigenvalue weighted by atomic mass is 16.6. The number of nitro benzene ring substituents is 3. The summed E-state index contributed by atoms with van der Waals surface area (Å²) in [5, 5.41) is 34.9. The normalized spacial score (nSPS) is 11.8. The van der Waals surface area contributed by atoms with E-state index in [0.717, 1.165) is 17.0 Å². The van der Waals surface area contributed by atoms with Gasteiger partial charge in [-0.1, -0.05) is 46.8 Å². The standard InChI is InChI=1S/C20H25N5O6/c1-19(2,3)12-20(4,5)13-6-8-14(9-7-13)22(21)18-16(24(28)29)10-15(23(26)27)11-17(18)25(30)31/h6-11H,12,21H2,1-5H3. The molecule has 0 aliphatic carbocycles. The third-order valence-corrected chi connectivity index (χ3v) is 4.80. The lowest BCUT2D eigenvalue weighted by Gasteiger charge is -2.33. The fourth-order valence-corrected chi connectivity index (χ4v) is 3.85. The zero-order valence-corrected chi connectivity index (χ0v) is 18.0. The van der Waals surface area contributed by atoms with Crippen molar-refractivity contribution in [2.45, 2.75) is 46.5 Å². The molecular weight excluding hydrogens is 406 g/mol. The molecule has 166 valence electrons. The van der Waals surface area contributed by atoms with Crippen LogP contribution >= 0.6 is 0 Å². The fourth-order valence-electron chi connectivity index (χ4n) is 3.85. The maximum absolute atomic E-state index is 11.5. The highest BCUT2D eigenvalue weighted by Gasteiger charge is 2.34. The fraction of sp³-hybridized carbons (Fsp3) is 0.400. The first kappa shape index (κ1) is 23.7. The van der Waals surface area contributed by atoms with Gasteiger partial charge in [0.2, 0.25) is 5.69 Å². The van der Waals surface area contributed by atoms with Crippen LogP contribution in [-0.2, 0) is 5.41 Å². The van der Waals surface area contributed by atoms with Gasteiger partial charge in [0.25, 0.3) is 5.69 Å². The number of nitrogens with two attached hydrogens (primary N) is 1. The number of non-ortho nitro benzene ring substituents is 1. The highest BCUT2D eigenvalue weighted by molar-refractivity contribution is 5.82. The van der Waals surface area contributed by atoms with Crippen molar-refractivity contribution < 1.29 is 14.8 Å². The second-order valence-corrected chi connectivity index (χ2v) is 9.14. The smallest absolute Gasteiger partial charge is 0.267 e. The first-order valence-electron chi connectivity index (χ1n) is 9.40. The van der Waals surface area contributed by atoms with Crippen LogP contribution in [0.15, 0.2) is 36.4 Å². The van der Waals surface area contributed by atoms with Crippen molar-refractivity contribution >= 4 is 28.4 Å². The number of nitro groups is 3. The molecule has 2 N–H and O–H groups in total. The maximum Gasteiger partial charge on any atom is 0.308 e. The Kier molecular flexibility index (Phi) is 6.31. The third kappa shape index (κ3) is 5.31. The molecule has 31 heavy (non-hydrogen) atoms. The molecule has 0 unspecified atom stereocenters. The molecule has 0 aliphatic heterocycles. The van der Waals surface area contributed by atoms with Crippen LogP contribution in [0.2, 0.25) is 0 Å². The second kappa shape index (κ2) is 8.26. The first-order valence-corrected chi connectivity index (χ1v) is 9.40. The lowest BCUT2D eigenvalue weighted by Crippen LogP contribution is -2.27. The Morgan fingerprint density at radius 2 is 1.29 bits per heavy atom. The molecule has 0 heterocycles. The molecular formula is C20H25N5O6. The van der Waals surface area contributed by atoms with E-state index in [9.17, 15) is 30.3 Å². The van der Waals surface area contributed by atoms with Crippen molar-refractivity contribution in [1.29, 1.82) is 0 Å². The van der Waals surface area contributed by atoms with E-state index in [-0.39, 0.29) is 16.5 Å². The Hall–Kier alpha value is -3.60. The molecule has 0 saturated carbocycles. The van der Waals surface area contributed by atoms with E-state index in [0.29, 0.717) is 12.1 Å². The number of nitrogens with zero attached hydrogens (tertiary/aromatic N) is 4. The largest absolute Gasteiger partial charge is 0.308 e. The second-order valence-electron chi connectivity index (χ2n) is 9.14. The van der Waals surface area contributed by atoms with Crippen molar-refractivity contribution in [3.63, 3.8) is 0 Å². The molecule has 11 nitrogen and oxygen atoms in total. The molecule has 0 amide bonds. The number of rotatable bonds is 7. The molecule has 2 aromatic carbocycles.